The molecule has 1 rings (SSSR count). The summed E-state index contributed by atoms with van der Waals surface area (Å²) in [7, 11) is 1.43. The van der Waals surface area contributed by atoms with Crippen LogP contribution in [-0.2, 0) is 0 Å². The minimum atomic E-state index is -0.591. The molecular weight excluding hydrogens is 161 g/mol. The maximum atomic E-state index is 12.9. The molecule has 0 saturated carbocycles. The van der Waals surface area contributed by atoms with Gasteiger partial charge in [0.2, 0.25) is 0 Å². The Morgan fingerprint density at radius 3 is 2.83 bits per heavy atom. The van der Waals surface area contributed by atoms with Gasteiger partial charge in [-0.25, -0.2) is 4.39 Å². The van der Waals surface area contributed by atoms with Crippen LogP contribution in [0, 0.1) is 5.82 Å². The number of methoxy groups -OCH3 is 1. The van der Waals surface area contributed by atoms with Gasteiger partial charge < -0.3 is 4.74 Å². The van der Waals surface area contributed by atoms with Gasteiger partial charge in [-0.15, -0.1) is 0 Å². The molecule has 0 aromatic heterocycles. The molecule has 0 radical (unpaired) electrons. The molecule has 0 N–H and O–H groups in total. The standard InChI is InChI=1S/C7H6FN3O/c1-12-5-2-3-7(10-11-9)6(8)4-5/h2-4H,1H3. The van der Waals surface area contributed by atoms with Crippen molar-refractivity contribution >= 4 is 5.69 Å². The molecule has 0 aliphatic heterocycles. The largest absolute Gasteiger partial charge is 0.497 e. The predicted octanol–water partition coefficient (Wildman–Crippen LogP) is 2.78. The smallest absolute Gasteiger partial charge is 0.136 e. The third-order valence-electron chi connectivity index (χ3n) is 1.31. The lowest BCUT2D eigenvalue weighted by Crippen LogP contribution is -1.83. The van der Waals surface area contributed by atoms with E-state index in [-0.39, 0.29) is 5.69 Å². The third kappa shape index (κ3) is 1.65. The molecule has 4 nitrogen and oxygen atoms in total. The zero-order valence-corrected chi connectivity index (χ0v) is 6.36. The van der Waals surface area contributed by atoms with Crippen molar-refractivity contribution in [1.29, 1.82) is 0 Å². The molecule has 1 aromatic rings. The Morgan fingerprint density at radius 2 is 2.33 bits per heavy atom. The van der Waals surface area contributed by atoms with Crippen molar-refractivity contribution < 1.29 is 9.13 Å². The van der Waals surface area contributed by atoms with Crippen LogP contribution in [0.2, 0.25) is 0 Å². The average molecular weight is 167 g/mol. The van der Waals surface area contributed by atoms with E-state index in [1.165, 1.54) is 19.2 Å². The van der Waals surface area contributed by atoms with Crippen molar-refractivity contribution in [1.82, 2.24) is 0 Å². The number of hydrogen-bond acceptors (Lipinski definition) is 2. The Balaban J connectivity index is 3.11. The van der Waals surface area contributed by atoms with E-state index in [2.05, 4.69) is 10.0 Å². The predicted molar refractivity (Wildman–Crippen MR) is 41.8 cm³/mol. The van der Waals surface area contributed by atoms with E-state index in [1.807, 2.05) is 0 Å². The van der Waals surface area contributed by atoms with E-state index in [9.17, 15) is 4.39 Å². The number of benzene rings is 1. The van der Waals surface area contributed by atoms with Crippen molar-refractivity contribution in [3.05, 3.63) is 34.5 Å². The van der Waals surface area contributed by atoms with Crippen molar-refractivity contribution in [3.63, 3.8) is 0 Å². The topological polar surface area (TPSA) is 58.0 Å². The number of halogens is 1. The highest BCUT2D eigenvalue weighted by Gasteiger charge is 2.00. The number of nitrogens with zero attached hydrogens (tertiary/aromatic N) is 3. The Labute approximate surface area is 68.2 Å². The van der Waals surface area contributed by atoms with E-state index in [0.29, 0.717) is 5.75 Å². The van der Waals surface area contributed by atoms with Gasteiger partial charge in [-0.05, 0) is 17.7 Å². The molecule has 1 aromatic carbocycles. The van der Waals surface area contributed by atoms with Gasteiger partial charge in [-0.2, -0.15) is 0 Å². The van der Waals surface area contributed by atoms with E-state index in [0.717, 1.165) is 6.07 Å². The molecule has 5 heteroatoms. The van der Waals surface area contributed by atoms with Gasteiger partial charge in [0.1, 0.15) is 11.6 Å². The molecule has 0 spiro atoms. The summed E-state index contributed by atoms with van der Waals surface area (Å²) in [5.74, 6) is -0.198. The van der Waals surface area contributed by atoms with Crippen LogP contribution in [0.15, 0.2) is 23.3 Å². The molecule has 0 aliphatic rings. The van der Waals surface area contributed by atoms with Gasteiger partial charge in [-0.3, -0.25) is 0 Å². The number of rotatable bonds is 2. The first-order chi connectivity index (χ1) is 5.77. The fourth-order valence-corrected chi connectivity index (χ4v) is 0.744. The fraction of sp³-hybridized carbons (Fsp3) is 0.143. The first kappa shape index (κ1) is 8.36. The quantitative estimate of drug-likeness (QED) is 0.379. The first-order valence-corrected chi connectivity index (χ1v) is 3.16. The zero-order valence-electron chi connectivity index (χ0n) is 6.36. The van der Waals surface area contributed by atoms with Gasteiger partial charge in [0, 0.05) is 11.0 Å². The molecule has 0 fully saturated rings. The lowest BCUT2D eigenvalue weighted by molar-refractivity contribution is 0.411. The van der Waals surface area contributed by atoms with Gasteiger partial charge in [0.05, 0.1) is 12.8 Å². The number of azide groups is 1. The van der Waals surface area contributed by atoms with Crippen LogP contribution >= 0.6 is 0 Å². The highest BCUT2D eigenvalue weighted by molar-refractivity contribution is 5.42. The van der Waals surface area contributed by atoms with Crippen LogP contribution in [0.25, 0.3) is 10.4 Å². The van der Waals surface area contributed by atoms with Gasteiger partial charge in [0.25, 0.3) is 0 Å². The minimum absolute atomic E-state index is 0.0294. The lowest BCUT2D eigenvalue weighted by atomic mass is 10.3. The van der Waals surface area contributed by atoms with Crippen LogP contribution in [0.4, 0.5) is 10.1 Å². The van der Waals surface area contributed by atoms with E-state index in [1.54, 1.807) is 0 Å². The van der Waals surface area contributed by atoms with E-state index >= 15 is 0 Å². The second-order valence-electron chi connectivity index (χ2n) is 2.01. The summed E-state index contributed by atoms with van der Waals surface area (Å²) >= 11 is 0. The van der Waals surface area contributed by atoms with Crippen LogP contribution < -0.4 is 4.74 Å². The molecule has 0 heterocycles. The Morgan fingerprint density at radius 1 is 1.58 bits per heavy atom. The Kier molecular flexibility index (Phi) is 2.50. The van der Waals surface area contributed by atoms with Crippen molar-refractivity contribution in [3.8, 4) is 5.75 Å². The Hall–Kier alpha value is -1.74. The van der Waals surface area contributed by atoms with Gasteiger partial charge in [-0.1, -0.05) is 5.11 Å². The maximum absolute atomic E-state index is 12.9. The molecule has 0 unspecified atom stereocenters. The first-order valence-electron chi connectivity index (χ1n) is 3.16. The summed E-state index contributed by atoms with van der Waals surface area (Å²) in [6.45, 7) is 0. The molecule has 0 amide bonds. The molecule has 0 aliphatic carbocycles. The zero-order chi connectivity index (χ0) is 8.97. The highest BCUT2D eigenvalue weighted by Crippen LogP contribution is 2.22. The SMILES string of the molecule is COc1ccc(N=[N+]=[N-])c(F)c1. The van der Waals surface area contributed by atoms with Crippen LogP contribution in [-0.4, -0.2) is 7.11 Å². The Bertz CT molecular complexity index is 333. The van der Waals surface area contributed by atoms with Crippen LogP contribution in [0.1, 0.15) is 0 Å². The molecular formula is C7H6FN3O. The third-order valence-corrected chi connectivity index (χ3v) is 1.31. The second-order valence-corrected chi connectivity index (χ2v) is 2.01. The molecule has 0 bridgehead atoms. The second kappa shape index (κ2) is 3.59. The van der Waals surface area contributed by atoms with E-state index < -0.39 is 5.82 Å². The summed E-state index contributed by atoms with van der Waals surface area (Å²) in [6, 6.07) is 4.03. The van der Waals surface area contributed by atoms with Crippen molar-refractivity contribution in [2.75, 3.05) is 7.11 Å². The molecule has 12 heavy (non-hydrogen) atoms. The van der Waals surface area contributed by atoms with Crippen LogP contribution in [0.5, 0.6) is 5.75 Å². The monoisotopic (exact) mass is 167 g/mol. The molecule has 0 saturated heterocycles. The average Bonchev–Trinajstić information content (AvgIpc) is 2.09. The number of hydrogen-bond donors (Lipinski definition) is 0. The summed E-state index contributed by atoms with van der Waals surface area (Å²) in [5.41, 5.74) is 8.00. The summed E-state index contributed by atoms with van der Waals surface area (Å²) in [4.78, 5) is 2.47. The van der Waals surface area contributed by atoms with Gasteiger partial charge >= 0.3 is 0 Å². The lowest BCUT2D eigenvalue weighted by Gasteiger charge is -1.99. The number of ether oxygens (including phenoxy) is 1. The summed E-state index contributed by atoms with van der Waals surface area (Å²) in [5, 5.41) is 3.13. The summed E-state index contributed by atoms with van der Waals surface area (Å²) in [6.07, 6.45) is 0. The summed E-state index contributed by atoms with van der Waals surface area (Å²) < 4.78 is 17.6. The molecule has 0 atom stereocenters. The maximum Gasteiger partial charge on any atom is 0.136 e. The van der Waals surface area contributed by atoms with Crippen LogP contribution in [0.3, 0.4) is 0 Å². The fourth-order valence-electron chi connectivity index (χ4n) is 0.744. The normalized spacial score (nSPS) is 8.83. The van der Waals surface area contributed by atoms with Crippen molar-refractivity contribution in [2.45, 2.75) is 0 Å². The van der Waals surface area contributed by atoms with E-state index in [4.69, 9.17) is 10.3 Å². The molecule has 62 valence electrons. The van der Waals surface area contributed by atoms with Gasteiger partial charge in [0.15, 0.2) is 0 Å². The highest BCUT2D eigenvalue weighted by atomic mass is 19.1. The minimum Gasteiger partial charge on any atom is -0.497 e. The van der Waals surface area contributed by atoms with Crippen molar-refractivity contribution in [2.24, 2.45) is 5.11 Å².